The van der Waals surface area contributed by atoms with E-state index >= 15 is 0 Å². The quantitative estimate of drug-likeness (QED) is 0.470. The SMILES string of the molecule is CCOC(=O)C(C)(CCCCOCCCC(F)(F)F)NC. The zero-order chi connectivity index (χ0) is 16.4. The summed E-state index contributed by atoms with van der Waals surface area (Å²) in [7, 11) is 1.70. The summed E-state index contributed by atoms with van der Waals surface area (Å²) in [6.07, 6.45) is -2.92. The molecule has 0 bridgehead atoms. The highest BCUT2D eigenvalue weighted by molar-refractivity contribution is 5.80. The van der Waals surface area contributed by atoms with Crippen molar-refractivity contribution in [3.8, 4) is 0 Å². The highest BCUT2D eigenvalue weighted by Crippen LogP contribution is 2.21. The van der Waals surface area contributed by atoms with Crippen LogP contribution in [-0.2, 0) is 14.3 Å². The van der Waals surface area contributed by atoms with Crippen molar-refractivity contribution in [2.24, 2.45) is 0 Å². The van der Waals surface area contributed by atoms with Gasteiger partial charge in [-0.1, -0.05) is 0 Å². The van der Waals surface area contributed by atoms with Crippen molar-refractivity contribution in [3.63, 3.8) is 0 Å². The second-order valence-electron chi connectivity index (χ2n) is 5.09. The maximum atomic E-state index is 11.9. The van der Waals surface area contributed by atoms with Gasteiger partial charge in [0.2, 0.25) is 0 Å². The highest BCUT2D eigenvalue weighted by Gasteiger charge is 2.32. The van der Waals surface area contributed by atoms with E-state index in [1.165, 1.54) is 0 Å². The fourth-order valence-electron chi connectivity index (χ4n) is 1.78. The van der Waals surface area contributed by atoms with Gasteiger partial charge in [-0.05, 0) is 46.6 Å². The number of hydrogen-bond donors (Lipinski definition) is 1. The van der Waals surface area contributed by atoms with Crippen molar-refractivity contribution < 1.29 is 27.4 Å². The van der Waals surface area contributed by atoms with Crippen LogP contribution in [0.3, 0.4) is 0 Å². The molecule has 1 atom stereocenters. The second-order valence-corrected chi connectivity index (χ2v) is 5.09. The van der Waals surface area contributed by atoms with Crippen molar-refractivity contribution in [1.82, 2.24) is 5.32 Å². The molecule has 0 aromatic carbocycles. The first-order valence-corrected chi connectivity index (χ1v) is 7.26. The first-order valence-electron chi connectivity index (χ1n) is 7.26. The van der Waals surface area contributed by atoms with Crippen molar-refractivity contribution in [1.29, 1.82) is 0 Å². The van der Waals surface area contributed by atoms with E-state index in [1.54, 1.807) is 20.9 Å². The van der Waals surface area contributed by atoms with E-state index in [2.05, 4.69) is 5.32 Å². The second kappa shape index (κ2) is 10.00. The summed E-state index contributed by atoms with van der Waals surface area (Å²) in [4.78, 5) is 11.8. The minimum absolute atomic E-state index is 0.0133. The summed E-state index contributed by atoms with van der Waals surface area (Å²) >= 11 is 0. The van der Waals surface area contributed by atoms with Gasteiger partial charge in [0, 0.05) is 19.6 Å². The molecule has 0 aromatic heterocycles. The van der Waals surface area contributed by atoms with Crippen LogP contribution in [0.2, 0.25) is 0 Å². The third kappa shape index (κ3) is 9.68. The zero-order valence-corrected chi connectivity index (χ0v) is 13.0. The molecule has 7 heteroatoms. The van der Waals surface area contributed by atoms with Gasteiger partial charge in [0.25, 0.3) is 0 Å². The molecule has 4 nitrogen and oxygen atoms in total. The van der Waals surface area contributed by atoms with Crippen LogP contribution in [0.25, 0.3) is 0 Å². The lowest BCUT2D eigenvalue weighted by Gasteiger charge is -2.26. The number of alkyl halides is 3. The topological polar surface area (TPSA) is 47.6 Å². The predicted octanol–water partition coefficient (Wildman–Crippen LogP) is 3.06. The number of halogens is 3. The molecule has 1 N–H and O–H groups in total. The molecule has 0 aliphatic rings. The molecule has 0 saturated carbocycles. The molecule has 1 unspecified atom stereocenters. The van der Waals surface area contributed by atoms with E-state index in [9.17, 15) is 18.0 Å². The van der Waals surface area contributed by atoms with Crippen molar-refractivity contribution in [3.05, 3.63) is 0 Å². The smallest absolute Gasteiger partial charge is 0.389 e. The maximum Gasteiger partial charge on any atom is 0.389 e. The Kier molecular flexibility index (Phi) is 9.61. The summed E-state index contributed by atoms with van der Waals surface area (Å²) in [6, 6.07) is 0. The number of unbranched alkanes of at least 4 members (excludes halogenated alkanes) is 1. The molecular formula is C14H26F3NO3. The van der Waals surface area contributed by atoms with E-state index in [0.717, 1.165) is 6.42 Å². The first kappa shape index (κ1) is 20.2. The fraction of sp³-hybridized carbons (Fsp3) is 0.929. The summed E-state index contributed by atoms with van der Waals surface area (Å²) in [5.74, 6) is -0.293. The summed E-state index contributed by atoms with van der Waals surface area (Å²) in [6.45, 7) is 4.37. The van der Waals surface area contributed by atoms with Crippen LogP contribution in [0, 0.1) is 0 Å². The predicted molar refractivity (Wildman–Crippen MR) is 74.1 cm³/mol. The molecule has 0 aliphatic heterocycles. The number of carbonyl (C=O) groups is 1. The highest BCUT2D eigenvalue weighted by atomic mass is 19.4. The van der Waals surface area contributed by atoms with Crippen LogP contribution in [0.4, 0.5) is 13.2 Å². The third-order valence-corrected chi connectivity index (χ3v) is 3.24. The Bertz CT molecular complexity index is 298. The largest absolute Gasteiger partial charge is 0.465 e. The standard InChI is InChI=1S/C14H26F3NO3/c1-4-21-12(19)13(2,18-3)8-5-6-10-20-11-7-9-14(15,16)17/h18H,4-11H2,1-3H3. The molecule has 0 radical (unpaired) electrons. The van der Waals surface area contributed by atoms with Crippen LogP contribution in [0.5, 0.6) is 0 Å². The molecule has 0 aromatic rings. The lowest BCUT2D eigenvalue weighted by Crippen LogP contribution is -2.48. The zero-order valence-electron chi connectivity index (χ0n) is 13.0. The average Bonchev–Trinajstić information content (AvgIpc) is 2.40. The van der Waals surface area contributed by atoms with E-state index in [4.69, 9.17) is 9.47 Å². The van der Waals surface area contributed by atoms with Crippen LogP contribution in [0.15, 0.2) is 0 Å². The Morgan fingerprint density at radius 3 is 2.24 bits per heavy atom. The van der Waals surface area contributed by atoms with E-state index in [1.807, 2.05) is 0 Å². The number of ether oxygens (including phenoxy) is 2. The Morgan fingerprint density at radius 2 is 1.71 bits per heavy atom. The Morgan fingerprint density at radius 1 is 1.10 bits per heavy atom. The van der Waals surface area contributed by atoms with Gasteiger partial charge >= 0.3 is 12.1 Å². The van der Waals surface area contributed by atoms with Gasteiger partial charge in [0.15, 0.2) is 0 Å². The number of esters is 1. The van der Waals surface area contributed by atoms with Crippen molar-refractivity contribution in [2.45, 2.75) is 57.7 Å². The van der Waals surface area contributed by atoms with E-state index in [-0.39, 0.29) is 19.0 Å². The molecule has 0 fully saturated rings. The molecule has 126 valence electrons. The Hall–Kier alpha value is -0.820. The molecule has 0 rings (SSSR count). The molecule has 0 saturated heterocycles. The number of hydrogen-bond acceptors (Lipinski definition) is 4. The van der Waals surface area contributed by atoms with Gasteiger partial charge in [0.1, 0.15) is 5.54 Å². The minimum Gasteiger partial charge on any atom is -0.465 e. The maximum absolute atomic E-state index is 11.9. The van der Waals surface area contributed by atoms with E-state index in [0.29, 0.717) is 26.1 Å². The normalized spacial score (nSPS) is 14.8. The van der Waals surface area contributed by atoms with Gasteiger partial charge in [-0.25, -0.2) is 0 Å². The van der Waals surface area contributed by atoms with Gasteiger partial charge in [-0.2, -0.15) is 13.2 Å². The number of rotatable bonds is 11. The molecule has 0 aliphatic carbocycles. The van der Waals surface area contributed by atoms with Crippen molar-refractivity contribution >= 4 is 5.97 Å². The summed E-state index contributed by atoms with van der Waals surface area (Å²) in [5.41, 5.74) is -0.730. The summed E-state index contributed by atoms with van der Waals surface area (Å²) in [5, 5.41) is 2.95. The molecule has 0 spiro atoms. The number of likely N-dealkylation sites (N-methyl/N-ethyl adjacent to an activating group) is 1. The van der Waals surface area contributed by atoms with Gasteiger partial charge < -0.3 is 14.8 Å². The van der Waals surface area contributed by atoms with Crippen LogP contribution in [0.1, 0.15) is 46.0 Å². The lowest BCUT2D eigenvalue weighted by atomic mass is 9.95. The number of nitrogens with one attached hydrogen (secondary N) is 1. The molecule has 0 heterocycles. The molecule has 0 amide bonds. The van der Waals surface area contributed by atoms with E-state index < -0.39 is 18.1 Å². The third-order valence-electron chi connectivity index (χ3n) is 3.24. The number of carbonyl (C=O) groups excluding carboxylic acids is 1. The molecular weight excluding hydrogens is 287 g/mol. The Balaban J connectivity index is 3.71. The average molecular weight is 313 g/mol. The summed E-state index contributed by atoms with van der Waals surface area (Å²) < 4.78 is 45.8. The first-order chi connectivity index (χ1) is 9.75. The lowest BCUT2D eigenvalue weighted by molar-refractivity contribution is -0.150. The monoisotopic (exact) mass is 313 g/mol. The fourth-order valence-corrected chi connectivity index (χ4v) is 1.78. The molecule has 21 heavy (non-hydrogen) atoms. The van der Waals surface area contributed by atoms with Crippen LogP contribution < -0.4 is 5.32 Å². The van der Waals surface area contributed by atoms with Gasteiger partial charge in [-0.15, -0.1) is 0 Å². The van der Waals surface area contributed by atoms with Crippen LogP contribution >= 0.6 is 0 Å². The van der Waals surface area contributed by atoms with Crippen LogP contribution in [-0.4, -0.2) is 44.6 Å². The van der Waals surface area contributed by atoms with Gasteiger partial charge in [-0.3, -0.25) is 4.79 Å². The minimum atomic E-state index is -4.11. The van der Waals surface area contributed by atoms with Gasteiger partial charge in [0.05, 0.1) is 6.61 Å². The Labute approximate surface area is 124 Å². The van der Waals surface area contributed by atoms with Crippen molar-refractivity contribution in [2.75, 3.05) is 26.9 Å².